The van der Waals surface area contributed by atoms with E-state index in [-0.39, 0.29) is 12.0 Å². The van der Waals surface area contributed by atoms with Crippen LogP contribution in [0.3, 0.4) is 0 Å². The molecule has 2 aliphatic rings. The van der Waals surface area contributed by atoms with Gasteiger partial charge in [0.1, 0.15) is 18.4 Å². The lowest BCUT2D eigenvalue weighted by molar-refractivity contribution is -0.220. The van der Waals surface area contributed by atoms with Crippen LogP contribution in [0.1, 0.15) is 31.6 Å². The van der Waals surface area contributed by atoms with Gasteiger partial charge >= 0.3 is 21.3 Å². The summed E-state index contributed by atoms with van der Waals surface area (Å²) in [6.45, 7) is 2.05. The molecule has 0 spiro atoms. The fourth-order valence-corrected chi connectivity index (χ4v) is 5.57. The number of ether oxygens (including phenoxy) is 2. The van der Waals surface area contributed by atoms with Crippen molar-refractivity contribution in [3.05, 3.63) is 32.6 Å². The van der Waals surface area contributed by atoms with E-state index >= 15 is 0 Å². The molecule has 0 amide bonds. The Morgan fingerprint density at radius 2 is 1.79 bits per heavy atom. The van der Waals surface area contributed by atoms with Crippen LogP contribution in [0.25, 0.3) is 0 Å². The van der Waals surface area contributed by atoms with Gasteiger partial charge in [-0.05, 0) is 13.8 Å². The Bertz CT molecular complexity index is 1080. The van der Waals surface area contributed by atoms with Gasteiger partial charge in [-0.3, -0.25) is 23.4 Å². The predicted octanol–water partition coefficient (Wildman–Crippen LogP) is -1.40. The van der Waals surface area contributed by atoms with Crippen LogP contribution in [-0.4, -0.2) is 78.1 Å². The molecule has 18 heteroatoms. The molecule has 194 valence electrons. The fourth-order valence-electron chi connectivity index (χ4n) is 3.42. The Balaban J connectivity index is 1.56. The van der Waals surface area contributed by atoms with Crippen molar-refractivity contribution in [2.75, 3.05) is 6.61 Å². The predicted molar refractivity (Wildman–Crippen MR) is 109 cm³/mol. The molecular formula is C16H26N2O14P2. The van der Waals surface area contributed by atoms with E-state index in [0.717, 1.165) is 4.57 Å². The van der Waals surface area contributed by atoms with Gasteiger partial charge in [0.25, 0.3) is 5.56 Å². The Kier molecular flexibility index (Phi) is 8.35. The highest BCUT2D eigenvalue weighted by Crippen LogP contribution is 2.61. The summed E-state index contributed by atoms with van der Waals surface area (Å²) < 4.78 is 49.3. The molecule has 0 saturated carbocycles. The number of aryl methyl sites for hydroxylation is 1. The highest BCUT2D eigenvalue weighted by atomic mass is 31.3. The van der Waals surface area contributed by atoms with E-state index in [1.54, 1.807) is 0 Å². The van der Waals surface area contributed by atoms with E-state index in [1.165, 1.54) is 20.0 Å². The largest absolute Gasteiger partial charge is 0.483 e. The summed E-state index contributed by atoms with van der Waals surface area (Å²) in [6.07, 6.45) is -7.90. The number of hydrogen-bond donors (Lipinski definition) is 6. The number of phosphoric ester groups is 2. The van der Waals surface area contributed by atoms with E-state index in [2.05, 4.69) is 18.3 Å². The van der Waals surface area contributed by atoms with E-state index in [9.17, 15) is 43.8 Å². The van der Waals surface area contributed by atoms with Crippen LogP contribution in [0.2, 0.25) is 0 Å². The van der Waals surface area contributed by atoms with Crippen molar-refractivity contribution in [1.29, 1.82) is 0 Å². The third-order valence-corrected chi connectivity index (χ3v) is 7.82. The van der Waals surface area contributed by atoms with Crippen LogP contribution < -0.4 is 11.2 Å². The molecule has 0 bridgehead atoms. The van der Waals surface area contributed by atoms with Crippen molar-refractivity contribution in [1.82, 2.24) is 9.55 Å². The van der Waals surface area contributed by atoms with Crippen molar-refractivity contribution in [2.24, 2.45) is 0 Å². The maximum atomic E-state index is 12.1. The first-order valence-corrected chi connectivity index (χ1v) is 13.0. The third-order valence-electron chi connectivity index (χ3n) is 5.19. The second kappa shape index (κ2) is 10.4. The summed E-state index contributed by atoms with van der Waals surface area (Å²) in [4.78, 5) is 45.1. The number of rotatable bonds is 8. The summed E-state index contributed by atoms with van der Waals surface area (Å²) in [5.41, 5.74) is -1.17. The number of aromatic nitrogens is 2. The summed E-state index contributed by atoms with van der Waals surface area (Å²) >= 11 is 0. The maximum absolute atomic E-state index is 12.1. The average Bonchev–Trinajstić information content (AvgIpc) is 3.06. The van der Waals surface area contributed by atoms with Gasteiger partial charge in [0.05, 0.1) is 24.9 Å². The second-order valence-electron chi connectivity index (χ2n) is 7.90. The third kappa shape index (κ3) is 6.69. The average molecular weight is 532 g/mol. The minimum absolute atomic E-state index is 0.122. The number of aliphatic hydroxyl groups excluding tert-OH is 3. The zero-order valence-corrected chi connectivity index (χ0v) is 19.8. The Hall–Kier alpha value is -1.26. The molecule has 1 aromatic heterocycles. The molecule has 9 atom stereocenters. The van der Waals surface area contributed by atoms with Crippen LogP contribution in [0, 0.1) is 6.92 Å². The molecule has 2 fully saturated rings. The van der Waals surface area contributed by atoms with Gasteiger partial charge in [0, 0.05) is 24.6 Å². The molecular weight excluding hydrogens is 506 g/mol. The summed E-state index contributed by atoms with van der Waals surface area (Å²) in [5.74, 6) is 0. The van der Waals surface area contributed by atoms with Crippen LogP contribution >= 0.6 is 15.6 Å². The number of nitrogens with zero attached hydrogens (tertiary/aromatic N) is 1. The standard InChI is InChI=1S/C16H26N2O14P2/c1-7-5-18(16(23)17-15(7)22)12-3-9(19)11(30-12)6-28-33(24,25)32-34(26,27)31-13-4-10(20)14(21)8(2)29-13/h5,8-14,19-21H,3-4,6H2,1-2H3,(H,24,25)(H,26,27)(H,17,22,23)/t8-,9+,10-,11-,12-,13-,14+/m1/s1. The lowest BCUT2D eigenvalue weighted by Crippen LogP contribution is -2.47. The van der Waals surface area contributed by atoms with Gasteiger partial charge in [0.15, 0.2) is 6.29 Å². The lowest BCUT2D eigenvalue weighted by Gasteiger charge is -2.35. The number of nitrogens with one attached hydrogen (secondary N) is 1. The Morgan fingerprint density at radius 1 is 1.12 bits per heavy atom. The van der Waals surface area contributed by atoms with Gasteiger partial charge in [0.2, 0.25) is 0 Å². The molecule has 0 aromatic carbocycles. The van der Waals surface area contributed by atoms with Gasteiger partial charge in [-0.25, -0.2) is 13.9 Å². The SMILES string of the molecule is Cc1cn([C@H]2C[C@H](O)[C@@H](COP(=O)(O)OP(=O)(O)O[C@@H]3C[C@@H](O)[C@@H](O)[C@@H](C)O3)O2)c(=O)[nH]c1=O. The van der Waals surface area contributed by atoms with E-state index < -0.39 is 83.0 Å². The fraction of sp³-hybridized carbons (Fsp3) is 0.750. The second-order valence-corrected chi connectivity index (χ2v) is 10.9. The topological polar surface area (TPSA) is 236 Å². The van der Waals surface area contributed by atoms with E-state index in [4.69, 9.17) is 9.47 Å². The Labute approximate surface area is 191 Å². The molecule has 3 rings (SSSR count). The molecule has 16 nitrogen and oxygen atoms in total. The number of aliphatic hydroxyl groups is 3. The van der Waals surface area contributed by atoms with Crippen LogP contribution in [0.4, 0.5) is 0 Å². The molecule has 6 N–H and O–H groups in total. The highest BCUT2D eigenvalue weighted by Gasteiger charge is 2.43. The molecule has 2 aliphatic heterocycles. The molecule has 2 saturated heterocycles. The molecule has 0 aliphatic carbocycles. The van der Waals surface area contributed by atoms with Crippen molar-refractivity contribution in [3.8, 4) is 0 Å². The van der Waals surface area contributed by atoms with Crippen LogP contribution in [0.15, 0.2) is 15.8 Å². The minimum atomic E-state index is -5.25. The van der Waals surface area contributed by atoms with Gasteiger partial charge < -0.3 is 34.6 Å². The summed E-state index contributed by atoms with van der Waals surface area (Å²) in [5, 5.41) is 29.5. The molecule has 2 unspecified atom stereocenters. The zero-order valence-electron chi connectivity index (χ0n) is 18.0. The van der Waals surface area contributed by atoms with E-state index in [1.807, 2.05) is 0 Å². The number of hydrogen-bond acceptors (Lipinski definition) is 12. The van der Waals surface area contributed by atoms with Crippen molar-refractivity contribution >= 4 is 15.6 Å². The normalized spacial score (nSPS) is 35.6. The van der Waals surface area contributed by atoms with Crippen molar-refractivity contribution in [2.45, 2.75) is 69.7 Å². The lowest BCUT2D eigenvalue weighted by atomic mass is 10.0. The maximum Gasteiger partial charge on any atom is 0.483 e. The molecule has 0 radical (unpaired) electrons. The molecule has 1 aromatic rings. The van der Waals surface area contributed by atoms with Crippen LogP contribution in [-0.2, 0) is 32.0 Å². The summed E-state index contributed by atoms with van der Waals surface area (Å²) in [7, 11) is -10.5. The van der Waals surface area contributed by atoms with Crippen LogP contribution in [0.5, 0.6) is 0 Å². The van der Waals surface area contributed by atoms with Gasteiger partial charge in [-0.1, -0.05) is 0 Å². The number of aromatic amines is 1. The Morgan fingerprint density at radius 3 is 2.44 bits per heavy atom. The molecule has 3 heterocycles. The minimum Gasteiger partial charge on any atom is -0.390 e. The molecule has 34 heavy (non-hydrogen) atoms. The number of H-pyrrole nitrogens is 1. The van der Waals surface area contributed by atoms with Gasteiger partial charge in [-0.2, -0.15) is 4.31 Å². The smallest absolute Gasteiger partial charge is 0.390 e. The first-order chi connectivity index (χ1) is 15.7. The first-order valence-electron chi connectivity index (χ1n) is 10.0. The number of phosphoric acid groups is 2. The van der Waals surface area contributed by atoms with Gasteiger partial charge in [-0.15, -0.1) is 0 Å². The quantitative estimate of drug-likeness (QED) is 0.211. The summed E-state index contributed by atoms with van der Waals surface area (Å²) in [6, 6.07) is 0. The van der Waals surface area contributed by atoms with Crippen molar-refractivity contribution < 1.29 is 57.1 Å². The highest BCUT2D eigenvalue weighted by molar-refractivity contribution is 7.61. The monoisotopic (exact) mass is 532 g/mol. The first kappa shape index (κ1) is 27.3. The van der Waals surface area contributed by atoms with E-state index in [0.29, 0.717) is 0 Å². The zero-order chi connectivity index (χ0) is 25.4. The van der Waals surface area contributed by atoms with Crippen molar-refractivity contribution in [3.63, 3.8) is 0 Å².